The lowest BCUT2D eigenvalue weighted by atomic mass is 10.1. The summed E-state index contributed by atoms with van der Waals surface area (Å²) in [5.41, 5.74) is 2.08. The molecule has 0 aromatic heterocycles. The molecule has 0 bridgehead atoms. The molecule has 7 heteroatoms. The Hall–Kier alpha value is -2.77. The number of carbonyl (C=O) groups is 1. The van der Waals surface area contributed by atoms with Crippen molar-refractivity contribution in [2.75, 3.05) is 51.5 Å². The van der Waals surface area contributed by atoms with E-state index >= 15 is 0 Å². The van der Waals surface area contributed by atoms with Gasteiger partial charge in [-0.25, -0.2) is 4.79 Å². The van der Waals surface area contributed by atoms with Crippen LogP contribution in [0.5, 0.6) is 11.5 Å². The lowest BCUT2D eigenvalue weighted by Crippen LogP contribution is -2.36. The molecule has 1 N–H and O–H groups in total. The molecule has 30 heavy (non-hydrogen) atoms. The van der Waals surface area contributed by atoms with Gasteiger partial charge in [-0.3, -0.25) is 0 Å². The van der Waals surface area contributed by atoms with Crippen LogP contribution >= 0.6 is 0 Å². The van der Waals surface area contributed by atoms with Gasteiger partial charge in [0.25, 0.3) is 0 Å². The maximum absolute atomic E-state index is 11.0. The molecule has 2 aromatic rings. The van der Waals surface area contributed by atoms with E-state index in [1.165, 1.54) is 12.8 Å². The first kappa shape index (κ1) is 21.9. The van der Waals surface area contributed by atoms with Gasteiger partial charge >= 0.3 is 5.97 Å². The molecule has 0 unspecified atom stereocenters. The number of carboxylic acid groups (broad SMARTS) is 1. The van der Waals surface area contributed by atoms with Gasteiger partial charge in [0.1, 0.15) is 11.5 Å². The average molecular weight is 415 g/mol. The highest BCUT2D eigenvalue weighted by molar-refractivity contribution is 5.72. The Morgan fingerprint density at radius 1 is 1.00 bits per heavy atom. The first-order valence-electron chi connectivity index (χ1n) is 10.2. The van der Waals surface area contributed by atoms with Crippen LogP contribution in [-0.4, -0.2) is 63.8 Å². The summed E-state index contributed by atoms with van der Waals surface area (Å²) < 4.78 is 21.9. The highest BCUT2D eigenvalue weighted by atomic mass is 16.5. The lowest BCUT2D eigenvalue weighted by molar-refractivity contribution is -0.148. The van der Waals surface area contributed by atoms with E-state index in [2.05, 4.69) is 17.0 Å². The highest BCUT2D eigenvalue weighted by Crippen LogP contribution is 2.20. The summed E-state index contributed by atoms with van der Waals surface area (Å²) in [5, 5.41) is 9.04. The van der Waals surface area contributed by atoms with E-state index in [-0.39, 0.29) is 0 Å². The number of methoxy groups -OCH3 is 1. The molecular weight excluding hydrogens is 386 g/mol. The van der Waals surface area contributed by atoms with Crippen LogP contribution in [0.15, 0.2) is 48.5 Å². The van der Waals surface area contributed by atoms with Gasteiger partial charge in [-0.1, -0.05) is 12.1 Å². The molecule has 3 rings (SSSR count). The standard InChI is InChI=1S/C23H29NO6/c1-27-22(23(25)26)17-18-3-7-20(8-4-18)29-13-2-14-30-21-9-5-19(6-10-21)24-11-15-28-16-12-24/h3-10,22H,2,11-17H2,1H3,(H,25,26)/t22-/m0/s1. The molecule has 0 radical (unpaired) electrons. The van der Waals surface area contributed by atoms with Crippen LogP contribution in [0, 0.1) is 0 Å². The molecule has 1 aliphatic heterocycles. The molecule has 1 saturated heterocycles. The molecule has 0 aliphatic carbocycles. The Bertz CT molecular complexity index is 771. The number of carboxylic acids is 1. The summed E-state index contributed by atoms with van der Waals surface area (Å²) in [7, 11) is 1.40. The molecular formula is C23H29NO6. The van der Waals surface area contributed by atoms with Crippen molar-refractivity contribution in [3.8, 4) is 11.5 Å². The Kier molecular flexibility index (Phi) is 8.35. The summed E-state index contributed by atoms with van der Waals surface area (Å²) in [6.07, 6.45) is 0.249. The van der Waals surface area contributed by atoms with Crippen LogP contribution in [0.25, 0.3) is 0 Å². The van der Waals surface area contributed by atoms with E-state index in [0.717, 1.165) is 49.8 Å². The van der Waals surface area contributed by atoms with Gasteiger partial charge in [-0.15, -0.1) is 0 Å². The Morgan fingerprint density at radius 3 is 2.10 bits per heavy atom. The van der Waals surface area contributed by atoms with Crippen LogP contribution in [0.4, 0.5) is 5.69 Å². The number of nitrogens with zero attached hydrogens (tertiary/aromatic N) is 1. The third kappa shape index (κ3) is 6.64. The smallest absolute Gasteiger partial charge is 0.333 e. The summed E-state index contributed by atoms with van der Waals surface area (Å²) in [6.45, 7) is 4.51. The summed E-state index contributed by atoms with van der Waals surface area (Å²) in [4.78, 5) is 13.3. The van der Waals surface area contributed by atoms with Crippen molar-refractivity contribution in [1.82, 2.24) is 0 Å². The number of hydrogen-bond acceptors (Lipinski definition) is 6. The molecule has 0 saturated carbocycles. The van der Waals surface area contributed by atoms with Crippen molar-refractivity contribution in [1.29, 1.82) is 0 Å². The maximum Gasteiger partial charge on any atom is 0.333 e. The predicted molar refractivity (Wildman–Crippen MR) is 114 cm³/mol. The van der Waals surface area contributed by atoms with E-state index in [9.17, 15) is 4.79 Å². The number of benzene rings is 2. The zero-order valence-corrected chi connectivity index (χ0v) is 17.3. The molecule has 1 heterocycles. The Labute approximate surface area is 177 Å². The van der Waals surface area contributed by atoms with Crippen LogP contribution in [0.1, 0.15) is 12.0 Å². The van der Waals surface area contributed by atoms with Crippen LogP contribution < -0.4 is 14.4 Å². The van der Waals surface area contributed by atoms with Crippen molar-refractivity contribution in [3.63, 3.8) is 0 Å². The van der Waals surface area contributed by atoms with Crippen molar-refractivity contribution in [2.45, 2.75) is 18.9 Å². The molecule has 1 aliphatic rings. The van der Waals surface area contributed by atoms with E-state index in [0.29, 0.717) is 19.6 Å². The second-order valence-electron chi connectivity index (χ2n) is 7.05. The second kappa shape index (κ2) is 11.4. The van der Waals surface area contributed by atoms with Crippen molar-refractivity contribution < 1.29 is 28.8 Å². The molecule has 162 valence electrons. The maximum atomic E-state index is 11.0. The Morgan fingerprint density at radius 2 is 1.57 bits per heavy atom. The van der Waals surface area contributed by atoms with Gasteiger partial charge in [-0.05, 0) is 42.0 Å². The second-order valence-corrected chi connectivity index (χ2v) is 7.05. The van der Waals surface area contributed by atoms with E-state index < -0.39 is 12.1 Å². The van der Waals surface area contributed by atoms with E-state index in [1.807, 2.05) is 36.4 Å². The number of ether oxygens (including phenoxy) is 4. The van der Waals surface area contributed by atoms with Gasteiger partial charge in [0.05, 0.1) is 26.4 Å². The molecule has 2 aromatic carbocycles. The van der Waals surface area contributed by atoms with Crippen molar-refractivity contribution in [3.05, 3.63) is 54.1 Å². The van der Waals surface area contributed by atoms with Gasteiger partial charge in [0.2, 0.25) is 0 Å². The summed E-state index contributed by atoms with van der Waals surface area (Å²) in [5.74, 6) is 0.633. The molecule has 1 fully saturated rings. The first-order chi connectivity index (χ1) is 14.7. The minimum absolute atomic E-state index is 0.324. The summed E-state index contributed by atoms with van der Waals surface area (Å²) >= 11 is 0. The molecule has 7 nitrogen and oxygen atoms in total. The first-order valence-corrected chi connectivity index (χ1v) is 10.2. The largest absolute Gasteiger partial charge is 0.493 e. The quantitative estimate of drug-likeness (QED) is 0.565. The van der Waals surface area contributed by atoms with E-state index in [1.54, 1.807) is 0 Å². The van der Waals surface area contributed by atoms with Crippen molar-refractivity contribution in [2.24, 2.45) is 0 Å². The molecule has 1 atom stereocenters. The number of rotatable bonds is 11. The zero-order chi connectivity index (χ0) is 21.2. The normalized spacial score (nSPS) is 14.9. The predicted octanol–water partition coefficient (Wildman–Crippen LogP) is 3.01. The topological polar surface area (TPSA) is 77.5 Å². The van der Waals surface area contributed by atoms with Gasteiger partial charge < -0.3 is 29.0 Å². The highest BCUT2D eigenvalue weighted by Gasteiger charge is 2.16. The number of aliphatic carboxylic acids is 1. The average Bonchev–Trinajstić information content (AvgIpc) is 2.79. The molecule has 0 spiro atoms. The minimum atomic E-state index is -0.964. The van der Waals surface area contributed by atoms with Gasteiger partial charge in [0.15, 0.2) is 6.10 Å². The fraction of sp³-hybridized carbons (Fsp3) is 0.435. The minimum Gasteiger partial charge on any atom is -0.493 e. The number of hydrogen-bond donors (Lipinski definition) is 1. The number of anilines is 1. The van der Waals surface area contributed by atoms with E-state index in [4.69, 9.17) is 24.1 Å². The van der Waals surface area contributed by atoms with Crippen LogP contribution in [-0.2, 0) is 20.7 Å². The van der Waals surface area contributed by atoms with Crippen molar-refractivity contribution >= 4 is 11.7 Å². The third-order valence-electron chi connectivity index (χ3n) is 4.94. The fourth-order valence-corrected chi connectivity index (χ4v) is 3.22. The number of morpholine rings is 1. The van der Waals surface area contributed by atoms with Gasteiger partial charge in [-0.2, -0.15) is 0 Å². The third-order valence-corrected chi connectivity index (χ3v) is 4.94. The monoisotopic (exact) mass is 415 g/mol. The summed E-state index contributed by atoms with van der Waals surface area (Å²) in [6, 6.07) is 15.6. The Balaban J connectivity index is 1.34. The van der Waals surface area contributed by atoms with Crippen LogP contribution in [0.3, 0.4) is 0 Å². The van der Waals surface area contributed by atoms with Gasteiger partial charge in [0, 0.05) is 38.7 Å². The van der Waals surface area contributed by atoms with Crippen LogP contribution in [0.2, 0.25) is 0 Å². The molecule has 0 amide bonds. The lowest BCUT2D eigenvalue weighted by Gasteiger charge is -2.28. The SMILES string of the molecule is CO[C@@H](Cc1ccc(OCCCOc2ccc(N3CCOCC3)cc2)cc1)C(=O)O. The fourth-order valence-electron chi connectivity index (χ4n) is 3.22. The zero-order valence-electron chi connectivity index (χ0n) is 17.3.